The fraction of sp³-hybridized carbons (Fsp3) is 0.100. The maximum Gasteiger partial charge on any atom is 0.215 e. The molecule has 7 heteroatoms. The number of allylic oxidation sites excluding steroid dienone is 1. The van der Waals surface area contributed by atoms with E-state index in [2.05, 4.69) is 11.1 Å². The Hall–Kier alpha value is -1.92. The highest BCUT2D eigenvalue weighted by Crippen LogP contribution is 2.40. The minimum atomic E-state index is 0.0515. The van der Waals surface area contributed by atoms with Crippen molar-refractivity contribution in [3.05, 3.63) is 66.4 Å². The summed E-state index contributed by atoms with van der Waals surface area (Å²) in [7, 11) is 0. The van der Waals surface area contributed by atoms with Gasteiger partial charge in [0.1, 0.15) is 0 Å². The fourth-order valence-electron chi connectivity index (χ4n) is 3.06. The summed E-state index contributed by atoms with van der Waals surface area (Å²) < 4.78 is 2.06. The van der Waals surface area contributed by atoms with E-state index in [9.17, 15) is 5.11 Å². The number of aryl methyl sites for hydroxylation is 1. The molecule has 4 rings (SSSR count). The smallest absolute Gasteiger partial charge is 0.215 e. The van der Waals surface area contributed by atoms with Gasteiger partial charge in [0.25, 0.3) is 0 Å². The Morgan fingerprint density at radius 2 is 1.93 bits per heavy atom. The van der Waals surface area contributed by atoms with Crippen LogP contribution in [0.2, 0.25) is 10.0 Å². The quantitative estimate of drug-likeness (QED) is 0.433. The van der Waals surface area contributed by atoms with E-state index in [1.807, 2.05) is 32.1 Å². The van der Waals surface area contributed by atoms with Crippen LogP contribution in [-0.4, -0.2) is 15.4 Å². The first-order valence-corrected chi connectivity index (χ1v) is 10.1. The van der Waals surface area contributed by atoms with Crippen molar-refractivity contribution in [1.29, 1.82) is 0 Å². The maximum absolute atomic E-state index is 10.8. The first-order chi connectivity index (χ1) is 12.8. The predicted molar refractivity (Wildman–Crippen MR) is 118 cm³/mol. The highest BCUT2D eigenvalue weighted by Gasteiger charge is 2.20. The van der Waals surface area contributed by atoms with E-state index in [1.165, 1.54) is 11.3 Å². The minimum absolute atomic E-state index is 0.0515. The van der Waals surface area contributed by atoms with E-state index in [4.69, 9.17) is 35.4 Å². The predicted octanol–water partition coefficient (Wildman–Crippen LogP) is 7.24. The zero-order valence-electron chi connectivity index (χ0n) is 14.5. The molecule has 0 saturated carbocycles. The molecule has 27 heavy (non-hydrogen) atoms. The standard InChI is InChI=1S/C20H14Cl2N2OS2/c1-10-3-5-16-14(7-10)13(11(2)23-16)9-18-19(25)24(20(26)27-18)17-6-4-12(21)8-15(17)22/h3-9,25H,1-2H3. The van der Waals surface area contributed by atoms with Crippen molar-refractivity contribution in [2.24, 2.45) is 4.99 Å². The van der Waals surface area contributed by atoms with E-state index < -0.39 is 0 Å². The van der Waals surface area contributed by atoms with Gasteiger partial charge in [0, 0.05) is 21.9 Å². The van der Waals surface area contributed by atoms with E-state index in [0.29, 0.717) is 24.6 Å². The average molecular weight is 433 g/mol. The highest BCUT2D eigenvalue weighted by atomic mass is 35.5. The third kappa shape index (κ3) is 3.25. The van der Waals surface area contributed by atoms with Crippen LogP contribution in [0.3, 0.4) is 0 Å². The van der Waals surface area contributed by atoms with Gasteiger partial charge < -0.3 is 5.11 Å². The molecule has 0 fully saturated rings. The summed E-state index contributed by atoms with van der Waals surface area (Å²) in [6, 6.07) is 11.2. The molecule has 1 aliphatic heterocycles. The molecule has 3 nitrogen and oxygen atoms in total. The number of hydrogen-bond donors (Lipinski definition) is 1. The lowest BCUT2D eigenvalue weighted by molar-refractivity contribution is 0.441. The monoisotopic (exact) mass is 432 g/mol. The summed E-state index contributed by atoms with van der Waals surface area (Å²) >= 11 is 19.1. The molecule has 2 aromatic carbocycles. The number of halogens is 2. The minimum Gasteiger partial charge on any atom is -0.493 e. The molecule has 1 aromatic heterocycles. The average Bonchev–Trinajstić information content (AvgIpc) is 3.05. The first kappa shape index (κ1) is 18.4. The number of fused-ring (bicyclic) bond motifs is 1. The molecular weight excluding hydrogens is 419 g/mol. The molecular formula is C20H14Cl2N2OS2. The molecule has 1 aliphatic rings. The third-order valence-corrected chi connectivity index (χ3v) is 6.21. The van der Waals surface area contributed by atoms with Crippen LogP contribution in [0.5, 0.6) is 5.88 Å². The lowest BCUT2D eigenvalue weighted by Crippen LogP contribution is -1.94. The van der Waals surface area contributed by atoms with Crippen LogP contribution in [0.15, 0.2) is 41.4 Å². The van der Waals surface area contributed by atoms with E-state index in [0.717, 1.165) is 28.1 Å². The highest BCUT2D eigenvalue weighted by molar-refractivity contribution is 7.73. The number of benzene rings is 2. The lowest BCUT2D eigenvalue weighted by Gasteiger charge is -2.08. The summed E-state index contributed by atoms with van der Waals surface area (Å²) in [5, 5.41) is 11.8. The molecule has 0 atom stereocenters. The summed E-state index contributed by atoms with van der Waals surface area (Å²) in [5.41, 5.74) is 5.64. The van der Waals surface area contributed by atoms with Crippen LogP contribution in [0.4, 0.5) is 5.69 Å². The van der Waals surface area contributed by atoms with Crippen LogP contribution in [0.1, 0.15) is 22.9 Å². The van der Waals surface area contributed by atoms with Gasteiger partial charge in [-0.1, -0.05) is 34.8 Å². The largest absolute Gasteiger partial charge is 0.493 e. The molecule has 136 valence electrons. The lowest BCUT2D eigenvalue weighted by atomic mass is 10.0. The van der Waals surface area contributed by atoms with Crippen molar-refractivity contribution >= 4 is 69.8 Å². The van der Waals surface area contributed by atoms with Gasteiger partial charge in [-0.25, -0.2) is 0 Å². The molecule has 0 saturated heterocycles. The van der Waals surface area contributed by atoms with Crippen LogP contribution in [-0.2, 0) is 0 Å². The summed E-state index contributed by atoms with van der Waals surface area (Å²) in [6.07, 6.45) is 1.93. The number of aromatic hydroxyl groups is 1. The fourth-order valence-corrected chi connectivity index (χ4v) is 4.83. The Morgan fingerprint density at radius 1 is 1.15 bits per heavy atom. The van der Waals surface area contributed by atoms with Crippen molar-refractivity contribution in [2.45, 2.75) is 13.8 Å². The second kappa shape index (κ2) is 6.91. The number of aliphatic imine (C=N–C) groups is 1. The molecule has 2 heterocycles. The third-order valence-electron chi connectivity index (χ3n) is 4.36. The SMILES string of the molecule is CC1=Nc2ccc(C)cc2C1=Cc1sc(=S)n(-c2ccc(Cl)cc2Cl)c1O. The Bertz CT molecular complexity index is 1210. The van der Waals surface area contributed by atoms with Crippen LogP contribution < -0.4 is 0 Å². The van der Waals surface area contributed by atoms with Gasteiger partial charge in [0.15, 0.2) is 3.95 Å². The van der Waals surface area contributed by atoms with E-state index in [1.54, 1.807) is 22.8 Å². The molecule has 0 aliphatic carbocycles. The first-order valence-electron chi connectivity index (χ1n) is 8.14. The van der Waals surface area contributed by atoms with Gasteiger partial charge in [-0.15, -0.1) is 11.3 Å². The zero-order chi connectivity index (χ0) is 19.3. The second-order valence-electron chi connectivity index (χ2n) is 6.26. The molecule has 3 aromatic rings. The molecule has 0 radical (unpaired) electrons. The Morgan fingerprint density at radius 3 is 2.67 bits per heavy atom. The van der Waals surface area contributed by atoms with E-state index in [-0.39, 0.29) is 5.88 Å². The van der Waals surface area contributed by atoms with Crippen molar-refractivity contribution in [3.8, 4) is 11.6 Å². The molecule has 0 amide bonds. The summed E-state index contributed by atoms with van der Waals surface area (Å²) in [5.74, 6) is 0.0515. The van der Waals surface area contributed by atoms with Crippen molar-refractivity contribution < 1.29 is 5.11 Å². The summed E-state index contributed by atoms with van der Waals surface area (Å²) in [4.78, 5) is 5.27. The van der Waals surface area contributed by atoms with Crippen molar-refractivity contribution in [1.82, 2.24) is 4.57 Å². The van der Waals surface area contributed by atoms with Crippen molar-refractivity contribution in [2.75, 3.05) is 0 Å². The van der Waals surface area contributed by atoms with Crippen LogP contribution in [0.25, 0.3) is 17.3 Å². The van der Waals surface area contributed by atoms with Crippen LogP contribution in [0, 0.1) is 10.9 Å². The topological polar surface area (TPSA) is 37.5 Å². The number of aromatic nitrogens is 1. The van der Waals surface area contributed by atoms with Crippen LogP contribution >= 0.6 is 46.8 Å². The molecule has 0 unspecified atom stereocenters. The molecule has 1 N–H and O–H groups in total. The Balaban J connectivity index is 1.86. The van der Waals surface area contributed by atoms with Gasteiger partial charge in [-0.2, -0.15) is 0 Å². The summed E-state index contributed by atoms with van der Waals surface area (Å²) in [6.45, 7) is 4.01. The van der Waals surface area contributed by atoms with Gasteiger partial charge in [-0.3, -0.25) is 9.56 Å². The zero-order valence-corrected chi connectivity index (χ0v) is 17.6. The number of thiazole rings is 1. The second-order valence-corrected chi connectivity index (χ2v) is 8.78. The van der Waals surface area contributed by atoms with Gasteiger partial charge in [-0.05, 0) is 62.5 Å². The number of rotatable bonds is 2. The Labute approximate surface area is 175 Å². The van der Waals surface area contributed by atoms with Gasteiger partial charge in [0.05, 0.1) is 21.3 Å². The van der Waals surface area contributed by atoms with Gasteiger partial charge >= 0.3 is 0 Å². The molecule has 0 bridgehead atoms. The Kier molecular flexibility index (Phi) is 4.72. The maximum atomic E-state index is 10.8. The number of hydrogen-bond acceptors (Lipinski definition) is 4. The number of nitrogens with zero attached hydrogens (tertiary/aromatic N) is 2. The normalized spacial score (nSPS) is 14.5. The molecule has 0 spiro atoms. The van der Waals surface area contributed by atoms with Gasteiger partial charge in [0.2, 0.25) is 5.88 Å². The van der Waals surface area contributed by atoms with E-state index >= 15 is 0 Å². The van der Waals surface area contributed by atoms with Crippen molar-refractivity contribution in [3.63, 3.8) is 0 Å².